The molecule has 1 aliphatic rings. The van der Waals surface area contributed by atoms with Crippen LogP contribution in [-0.4, -0.2) is 36.0 Å². The summed E-state index contributed by atoms with van der Waals surface area (Å²) in [5, 5.41) is 11.8. The maximum atomic E-state index is 12.4. The zero-order chi connectivity index (χ0) is 18.5. The molecular weight excluding hydrogens is 332 g/mol. The van der Waals surface area contributed by atoms with Crippen LogP contribution < -0.4 is 10.2 Å². The van der Waals surface area contributed by atoms with Crippen LogP contribution in [0.3, 0.4) is 0 Å². The number of fused-ring (bicyclic) bond motifs is 1. The van der Waals surface area contributed by atoms with Gasteiger partial charge in [-0.05, 0) is 36.1 Å². The van der Waals surface area contributed by atoms with Gasteiger partial charge in [0.25, 0.3) is 0 Å². The van der Waals surface area contributed by atoms with Crippen molar-refractivity contribution in [3.8, 4) is 0 Å². The molecule has 6 heteroatoms. The first-order valence-corrected chi connectivity index (χ1v) is 8.52. The van der Waals surface area contributed by atoms with Crippen LogP contribution in [0, 0.1) is 0 Å². The van der Waals surface area contributed by atoms with Gasteiger partial charge >= 0.3 is 5.97 Å². The first-order valence-electron chi connectivity index (χ1n) is 8.52. The molecular formula is C20H20N2O4. The molecule has 26 heavy (non-hydrogen) atoms. The predicted octanol–water partition coefficient (Wildman–Crippen LogP) is 2.02. The second-order valence-electron chi connectivity index (χ2n) is 6.16. The minimum absolute atomic E-state index is 0.0618. The van der Waals surface area contributed by atoms with Crippen molar-refractivity contribution in [3.05, 3.63) is 65.2 Å². The molecule has 0 saturated carbocycles. The Bertz CT molecular complexity index is 847. The van der Waals surface area contributed by atoms with Crippen LogP contribution in [0.5, 0.6) is 0 Å². The van der Waals surface area contributed by atoms with Gasteiger partial charge in [0.1, 0.15) is 0 Å². The number of carboxylic acids is 1. The van der Waals surface area contributed by atoms with Crippen molar-refractivity contribution >= 4 is 23.5 Å². The molecule has 0 spiro atoms. The number of aryl methyl sites for hydroxylation is 1. The number of carboxylic acid groups (broad SMARTS) is 1. The van der Waals surface area contributed by atoms with E-state index in [0.717, 1.165) is 17.7 Å². The third kappa shape index (κ3) is 3.91. The highest BCUT2D eigenvalue weighted by Crippen LogP contribution is 2.27. The summed E-state index contributed by atoms with van der Waals surface area (Å²) in [5.41, 5.74) is 2.85. The fourth-order valence-electron chi connectivity index (χ4n) is 3.15. The molecule has 0 aromatic heterocycles. The molecule has 6 nitrogen and oxygen atoms in total. The van der Waals surface area contributed by atoms with Crippen molar-refractivity contribution < 1.29 is 19.5 Å². The summed E-state index contributed by atoms with van der Waals surface area (Å²) in [6, 6.07) is 14.4. The van der Waals surface area contributed by atoms with E-state index >= 15 is 0 Å². The average molecular weight is 352 g/mol. The van der Waals surface area contributed by atoms with E-state index in [1.54, 1.807) is 23.1 Å². The van der Waals surface area contributed by atoms with Gasteiger partial charge in [0.05, 0.1) is 12.1 Å². The molecule has 2 amide bonds. The highest BCUT2D eigenvalue weighted by Gasteiger charge is 2.24. The summed E-state index contributed by atoms with van der Waals surface area (Å²) in [7, 11) is 0. The number of aromatic carboxylic acids is 1. The van der Waals surface area contributed by atoms with E-state index in [1.165, 1.54) is 6.07 Å². The second-order valence-corrected chi connectivity index (χ2v) is 6.16. The normalized spacial score (nSPS) is 12.5. The van der Waals surface area contributed by atoms with E-state index in [-0.39, 0.29) is 30.3 Å². The quantitative estimate of drug-likeness (QED) is 0.833. The van der Waals surface area contributed by atoms with Gasteiger partial charge in [0.15, 0.2) is 0 Å². The second kappa shape index (κ2) is 7.82. The average Bonchev–Trinajstić information content (AvgIpc) is 3.08. The third-order valence-electron chi connectivity index (χ3n) is 4.49. The Hall–Kier alpha value is -3.15. The maximum absolute atomic E-state index is 12.4. The zero-order valence-corrected chi connectivity index (χ0v) is 14.3. The monoisotopic (exact) mass is 352 g/mol. The van der Waals surface area contributed by atoms with Crippen LogP contribution >= 0.6 is 0 Å². The van der Waals surface area contributed by atoms with Crippen molar-refractivity contribution in [1.29, 1.82) is 0 Å². The summed E-state index contributed by atoms with van der Waals surface area (Å²) in [6.45, 7) is 0.563. The first kappa shape index (κ1) is 17.7. The van der Waals surface area contributed by atoms with Crippen LogP contribution in [0.15, 0.2) is 48.5 Å². The molecule has 0 aliphatic carbocycles. The number of hydrogen-bond acceptors (Lipinski definition) is 3. The molecule has 134 valence electrons. The molecule has 1 heterocycles. The van der Waals surface area contributed by atoms with Gasteiger partial charge in [0, 0.05) is 18.7 Å². The Morgan fingerprint density at radius 1 is 1.04 bits per heavy atom. The third-order valence-corrected chi connectivity index (χ3v) is 4.49. The fraction of sp³-hybridized carbons (Fsp3) is 0.250. The maximum Gasteiger partial charge on any atom is 0.335 e. The number of carbonyl (C=O) groups is 3. The van der Waals surface area contributed by atoms with E-state index in [1.807, 2.05) is 24.3 Å². The van der Waals surface area contributed by atoms with Crippen LogP contribution in [0.25, 0.3) is 0 Å². The van der Waals surface area contributed by atoms with Gasteiger partial charge in [-0.1, -0.05) is 36.4 Å². The van der Waals surface area contributed by atoms with E-state index in [0.29, 0.717) is 18.5 Å². The highest BCUT2D eigenvalue weighted by atomic mass is 16.4. The summed E-state index contributed by atoms with van der Waals surface area (Å²) < 4.78 is 0. The smallest absolute Gasteiger partial charge is 0.335 e. The van der Waals surface area contributed by atoms with Gasteiger partial charge in [-0.3, -0.25) is 9.59 Å². The molecule has 3 rings (SSSR count). The van der Waals surface area contributed by atoms with Crippen molar-refractivity contribution in [3.63, 3.8) is 0 Å². The Balaban J connectivity index is 1.51. The van der Waals surface area contributed by atoms with E-state index in [4.69, 9.17) is 5.11 Å². The summed E-state index contributed by atoms with van der Waals surface area (Å²) in [4.78, 5) is 37.3. The summed E-state index contributed by atoms with van der Waals surface area (Å²) >= 11 is 0. The zero-order valence-electron chi connectivity index (χ0n) is 14.3. The van der Waals surface area contributed by atoms with Crippen molar-refractivity contribution in [2.24, 2.45) is 0 Å². The molecule has 2 aromatic rings. The Morgan fingerprint density at radius 2 is 1.77 bits per heavy atom. The number of rotatable bonds is 6. The van der Waals surface area contributed by atoms with Crippen molar-refractivity contribution in [1.82, 2.24) is 5.32 Å². The van der Waals surface area contributed by atoms with Gasteiger partial charge in [-0.2, -0.15) is 0 Å². The SMILES string of the molecule is O=C(CCc1ccccc1C(=O)O)NCC(=O)N1CCc2ccccc21. The Morgan fingerprint density at radius 3 is 2.58 bits per heavy atom. The molecule has 2 N–H and O–H groups in total. The molecule has 0 bridgehead atoms. The van der Waals surface area contributed by atoms with Gasteiger partial charge in [0.2, 0.25) is 11.8 Å². The number of para-hydroxylation sites is 1. The largest absolute Gasteiger partial charge is 0.478 e. The number of benzene rings is 2. The number of nitrogens with zero attached hydrogens (tertiary/aromatic N) is 1. The highest BCUT2D eigenvalue weighted by molar-refractivity contribution is 5.98. The molecule has 0 unspecified atom stereocenters. The summed E-state index contributed by atoms with van der Waals surface area (Å²) in [5.74, 6) is -1.43. The van der Waals surface area contributed by atoms with Crippen molar-refractivity contribution in [2.75, 3.05) is 18.0 Å². The van der Waals surface area contributed by atoms with Crippen LogP contribution in [-0.2, 0) is 22.4 Å². The van der Waals surface area contributed by atoms with Crippen LogP contribution in [0.1, 0.15) is 27.9 Å². The lowest BCUT2D eigenvalue weighted by Crippen LogP contribution is -2.39. The minimum Gasteiger partial charge on any atom is -0.478 e. The van der Waals surface area contributed by atoms with Crippen molar-refractivity contribution in [2.45, 2.75) is 19.3 Å². The topological polar surface area (TPSA) is 86.7 Å². The molecule has 0 atom stereocenters. The number of nitrogens with one attached hydrogen (secondary N) is 1. The standard InChI is InChI=1S/C20H20N2O4/c23-18(10-9-14-5-1-3-7-16(14)20(25)26)21-13-19(24)22-12-11-15-6-2-4-8-17(15)22/h1-8H,9-13H2,(H,21,23)(H,25,26). The van der Waals surface area contributed by atoms with Gasteiger partial charge in [-0.25, -0.2) is 4.79 Å². The molecule has 2 aromatic carbocycles. The van der Waals surface area contributed by atoms with E-state index in [9.17, 15) is 14.4 Å². The number of hydrogen-bond donors (Lipinski definition) is 2. The number of anilines is 1. The predicted molar refractivity (Wildman–Crippen MR) is 97.2 cm³/mol. The van der Waals surface area contributed by atoms with Gasteiger partial charge in [-0.15, -0.1) is 0 Å². The summed E-state index contributed by atoms with van der Waals surface area (Å²) in [6.07, 6.45) is 1.27. The fourth-order valence-corrected chi connectivity index (χ4v) is 3.15. The van der Waals surface area contributed by atoms with Crippen LogP contribution in [0.2, 0.25) is 0 Å². The minimum atomic E-state index is -1.01. The van der Waals surface area contributed by atoms with E-state index in [2.05, 4.69) is 5.32 Å². The van der Waals surface area contributed by atoms with E-state index < -0.39 is 5.97 Å². The Labute approximate surface area is 151 Å². The lowest BCUT2D eigenvalue weighted by atomic mass is 10.0. The molecule has 0 radical (unpaired) electrons. The number of carbonyl (C=O) groups excluding carboxylic acids is 2. The lowest BCUT2D eigenvalue weighted by molar-refractivity contribution is -0.124. The van der Waals surface area contributed by atoms with Gasteiger partial charge < -0.3 is 15.3 Å². The molecule has 1 aliphatic heterocycles. The molecule has 0 saturated heterocycles. The molecule has 0 fully saturated rings. The first-order chi connectivity index (χ1) is 12.6. The number of amides is 2. The van der Waals surface area contributed by atoms with Crippen LogP contribution in [0.4, 0.5) is 5.69 Å². The Kier molecular flexibility index (Phi) is 5.31. The lowest BCUT2D eigenvalue weighted by Gasteiger charge is -2.17.